The minimum absolute atomic E-state index is 0.141. The smallest absolute Gasteiger partial charge is 0.192 e. The van der Waals surface area contributed by atoms with Gasteiger partial charge in [0.1, 0.15) is 4.75 Å². The van der Waals surface area contributed by atoms with Crippen LogP contribution in [0.4, 0.5) is 0 Å². The van der Waals surface area contributed by atoms with Crippen molar-refractivity contribution in [1.82, 2.24) is 24.5 Å². The van der Waals surface area contributed by atoms with Crippen molar-refractivity contribution in [3.63, 3.8) is 0 Å². The van der Waals surface area contributed by atoms with Crippen LogP contribution < -0.4 is 4.72 Å². The van der Waals surface area contributed by atoms with Crippen LogP contribution in [0, 0.1) is 0 Å². The summed E-state index contributed by atoms with van der Waals surface area (Å²) in [7, 11) is -1.88. The number of hydrogen-bond acceptors (Lipinski definition) is 6. The monoisotopic (exact) mass is 563 g/mol. The zero-order chi connectivity index (χ0) is 28.6. The molecule has 0 saturated carbocycles. The number of hydrogen-bond donors (Lipinski definition) is 1. The van der Waals surface area contributed by atoms with E-state index in [1.807, 2.05) is 75.0 Å². The normalized spacial score (nSPS) is 14.5. The minimum atomic E-state index is -1.88. The maximum absolute atomic E-state index is 12.6. The summed E-state index contributed by atoms with van der Waals surface area (Å²) >= 11 is -1.19. The fourth-order valence-corrected chi connectivity index (χ4v) is 5.48. The molecule has 0 saturated heterocycles. The molecule has 7 nitrogen and oxygen atoms in total. The summed E-state index contributed by atoms with van der Waals surface area (Å²) < 4.78 is 23.7. The molecule has 3 aromatic heterocycles. The fraction of sp³-hybridized carbons (Fsp3) is 0.433. The van der Waals surface area contributed by atoms with Crippen LogP contribution in [-0.4, -0.2) is 37.4 Å². The van der Waals surface area contributed by atoms with Gasteiger partial charge < -0.3 is 8.98 Å². The fourth-order valence-electron chi connectivity index (χ4n) is 3.75. The second-order valence-electron chi connectivity index (χ2n) is 12.5. The molecule has 4 aromatic rings. The number of nitrogens with zero attached hydrogens (tertiary/aromatic N) is 4. The number of aromatic nitrogens is 4. The first kappa shape index (κ1) is 29.4. The lowest BCUT2D eigenvalue weighted by Gasteiger charge is -2.36. The zero-order valence-corrected chi connectivity index (χ0v) is 26.4. The van der Waals surface area contributed by atoms with Gasteiger partial charge in [0.25, 0.3) is 0 Å². The molecule has 2 atom stereocenters. The van der Waals surface area contributed by atoms with Crippen LogP contribution >= 0.6 is 0 Å². The Bertz CT molecular complexity index is 1440. The Labute approximate surface area is 236 Å². The summed E-state index contributed by atoms with van der Waals surface area (Å²) in [6.07, 6.45) is 1.86. The second kappa shape index (κ2) is 11.1. The highest BCUT2D eigenvalue weighted by Gasteiger charge is 2.37. The van der Waals surface area contributed by atoms with Crippen molar-refractivity contribution in [3.8, 4) is 17.1 Å². The van der Waals surface area contributed by atoms with Crippen LogP contribution in [-0.2, 0) is 22.4 Å². The molecule has 3 heterocycles. The van der Waals surface area contributed by atoms with Crippen LogP contribution in [0.1, 0.15) is 65.9 Å². The average molecular weight is 564 g/mol. The standard InChI is InChI=1S/C30H41N5O2SSi/c1-21(34-38(36)29(2,3)4)25-13-11-14-26(33-25)22-16-17-23-19-31-35(27(23)18-22)28-15-10-12-24(32-28)20-37-39(8,9)30(5,6)7/h10-19,21,34H,20H2,1-9H3/t21-,38?/m0/s1. The van der Waals surface area contributed by atoms with Gasteiger partial charge in [-0.05, 0) is 76.2 Å². The van der Waals surface area contributed by atoms with E-state index in [1.165, 1.54) is 0 Å². The van der Waals surface area contributed by atoms with Gasteiger partial charge in [-0.2, -0.15) is 5.10 Å². The maximum atomic E-state index is 12.6. The highest BCUT2D eigenvalue weighted by Crippen LogP contribution is 2.37. The van der Waals surface area contributed by atoms with E-state index in [0.717, 1.165) is 39.4 Å². The Kier molecular flexibility index (Phi) is 8.40. The molecule has 1 N–H and O–H groups in total. The Balaban J connectivity index is 1.61. The first-order valence-corrected chi connectivity index (χ1v) is 17.4. The molecule has 0 radical (unpaired) electrons. The van der Waals surface area contributed by atoms with E-state index in [2.05, 4.69) is 61.9 Å². The van der Waals surface area contributed by atoms with Crippen LogP contribution in [0.5, 0.6) is 0 Å². The van der Waals surface area contributed by atoms with Crippen LogP contribution in [0.2, 0.25) is 18.1 Å². The van der Waals surface area contributed by atoms with Crippen molar-refractivity contribution in [1.29, 1.82) is 0 Å². The van der Waals surface area contributed by atoms with Crippen LogP contribution in [0.3, 0.4) is 0 Å². The zero-order valence-electron chi connectivity index (χ0n) is 24.6. The summed E-state index contributed by atoms with van der Waals surface area (Å²) in [5, 5.41) is 5.81. The second-order valence-corrected chi connectivity index (χ2v) is 19.3. The highest BCUT2D eigenvalue weighted by molar-refractivity contribution is 7.90. The van der Waals surface area contributed by atoms with Crippen LogP contribution in [0.25, 0.3) is 28.0 Å². The van der Waals surface area contributed by atoms with Crippen molar-refractivity contribution >= 4 is 30.6 Å². The van der Waals surface area contributed by atoms with Gasteiger partial charge in [0, 0.05) is 22.3 Å². The van der Waals surface area contributed by atoms with Crippen molar-refractivity contribution < 1.29 is 8.98 Å². The number of pyridine rings is 2. The van der Waals surface area contributed by atoms with Crippen LogP contribution in [0.15, 0.2) is 60.8 Å². The van der Waals surface area contributed by atoms with E-state index in [1.54, 1.807) is 0 Å². The summed E-state index contributed by atoms with van der Waals surface area (Å²) in [5.74, 6) is 0.752. The molecule has 0 aliphatic rings. The van der Waals surface area contributed by atoms with E-state index in [0.29, 0.717) is 6.61 Å². The Morgan fingerprint density at radius 2 is 1.72 bits per heavy atom. The van der Waals surface area contributed by atoms with Crippen molar-refractivity contribution in [3.05, 3.63) is 72.2 Å². The Morgan fingerprint density at radius 1 is 1.00 bits per heavy atom. The van der Waals surface area contributed by atoms with Crippen molar-refractivity contribution in [2.45, 2.75) is 84.0 Å². The molecular weight excluding hydrogens is 523 g/mol. The number of fused-ring (bicyclic) bond motifs is 1. The van der Waals surface area contributed by atoms with E-state index < -0.39 is 19.7 Å². The lowest BCUT2D eigenvalue weighted by Crippen LogP contribution is -2.40. The largest absolute Gasteiger partial charge is 0.598 e. The Morgan fingerprint density at radius 3 is 2.41 bits per heavy atom. The van der Waals surface area contributed by atoms with E-state index in [4.69, 9.17) is 14.4 Å². The van der Waals surface area contributed by atoms with Crippen molar-refractivity contribution in [2.75, 3.05) is 0 Å². The molecule has 0 fully saturated rings. The molecule has 0 aliphatic carbocycles. The number of nitrogens with one attached hydrogen (secondary N) is 1. The van der Waals surface area contributed by atoms with E-state index in [-0.39, 0.29) is 15.8 Å². The lowest BCUT2D eigenvalue weighted by molar-refractivity contribution is 0.272. The number of rotatable bonds is 8. The molecule has 1 unspecified atom stereocenters. The topological polar surface area (TPSA) is 87.9 Å². The van der Waals surface area contributed by atoms with Gasteiger partial charge in [-0.15, -0.1) is 4.72 Å². The molecule has 208 valence electrons. The van der Waals surface area contributed by atoms with Crippen molar-refractivity contribution in [2.24, 2.45) is 0 Å². The molecule has 0 spiro atoms. The molecule has 9 heteroatoms. The summed E-state index contributed by atoms with van der Waals surface area (Å²) in [5.41, 5.74) is 4.51. The van der Waals surface area contributed by atoms with Gasteiger partial charge in [0.2, 0.25) is 0 Å². The van der Waals surface area contributed by atoms with E-state index >= 15 is 0 Å². The summed E-state index contributed by atoms with van der Waals surface area (Å²) in [6.45, 7) is 19.6. The molecule has 1 aromatic carbocycles. The predicted octanol–water partition coefficient (Wildman–Crippen LogP) is 7.12. The SMILES string of the molecule is C[C@H](N[S+]([O-])C(C)(C)C)c1cccc(-c2ccc3cnn(-c4cccc(CO[Si](C)(C)C(C)(C)C)n4)c3c2)n1. The molecule has 4 rings (SSSR count). The van der Waals surface area contributed by atoms with Gasteiger partial charge in [-0.1, -0.05) is 45.0 Å². The summed E-state index contributed by atoms with van der Waals surface area (Å²) in [6, 6.07) is 18.0. The third-order valence-electron chi connectivity index (χ3n) is 7.32. The first-order chi connectivity index (χ1) is 18.2. The molecule has 39 heavy (non-hydrogen) atoms. The molecule has 0 aliphatic heterocycles. The quantitative estimate of drug-likeness (QED) is 0.181. The highest BCUT2D eigenvalue weighted by atomic mass is 32.2. The average Bonchev–Trinajstić information content (AvgIpc) is 3.30. The lowest BCUT2D eigenvalue weighted by atomic mass is 10.1. The molecule has 0 amide bonds. The maximum Gasteiger partial charge on any atom is 0.192 e. The molecule has 0 bridgehead atoms. The van der Waals surface area contributed by atoms with Gasteiger partial charge in [-0.3, -0.25) is 4.98 Å². The first-order valence-electron chi connectivity index (χ1n) is 13.4. The van der Waals surface area contributed by atoms with Gasteiger partial charge in [-0.25, -0.2) is 9.67 Å². The summed E-state index contributed by atoms with van der Waals surface area (Å²) in [4.78, 5) is 9.78. The third-order valence-corrected chi connectivity index (χ3v) is 13.5. The van der Waals surface area contributed by atoms with Gasteiger partial charge >= 0.3 is 0 Å². The predicted molar refractivity (Wildman–Crippen MR) is 164 cm³/mol. The molecular formula is C30H41N5O2SSi. The minimum Gasteiger partial charge on any atom is -0.598 e. The Hall–Kier alpha value is -2.56. The van der Waals surface area contributed by atoms with E-state index in [9.17, 15) is 4.55 Å². The number of benzene rings is 1. The third kappa shape index (κ3) is 6.78. The van der Waals surface area contributed by atoms with Gasteiger partial charge in [0.05, 0.1) is 41.4 Å². The van der Waals surface area contributed by atoms with Gasteiger partial charge in [0.15, 0.2) is 14.1 Å².